The fourth-order valence-corrected chi connectivity index (χ4v) is 4.96. The van der Waals surface area contributed by atoms with Crippen molar-refractivity contribution < 1.29 is 4.74 Å². The Morgan fingerprint density at radius 2 is 1.22 bits per heavy atom. The Kier molecular flexibility index (Phi) is 9.65. The van der Waals surface area contributed by atoms with Gasteiger partial charge in [-0.2, -0.15) is 0 Å². The lowest BCUT2D eigenvalue weighted by molar-refractivity contribution is 0.00538. The van der Waals surface area contributed by atoms with Crippen LogP contribution in [-0.2, 0) is 4.74 Å². The van der Waals surface area contributed by atoms with E-state index in [1.165, 1.54) is 96.3 Å². The van der Waals surface area contributed by atoms with Gasteiger partial charge in [0.05, 0.1) is 6.10 Å². The van der Waals surface area contributed by atoms with Gasteiger partial charge < -0.3 is 4.74 Å². The molecule has 0 aliphatic heterocycles. The van der Waals surface area contributed by atoms with Crippen molar-refractivity contribution in [3.05, 3.63) is 0 Å². The molecule has 0 saturated heterocycles. The van der Waals surface area contributed by atoms with E-state index in [0.717, 1.165) is 24.4 Å². The van der Waals surface area contributed by atoms with E-state index in [-0.39, 0.29) is 0 Å². The van der Waals surface area contributed by atoms with E-state index in [0.29, 0.717) is 6.10 Å². The third kappa shape index (κ3) is 7.16. The molecule has 2 saturated carbocycles. The van der Waals surface area contributed by atoms with E-state index in [1.807, 2.05) is 0 Å². The molecule has 1 heteroatoms. The van der Waals surface area contributed by atoms with Crippen molar-refractivity contribution in [1.82, 2.24) is 0 Å². The summed E-state index contributed by atoms with van der Waals surface area (Å²) in [6.07, 6.45) is 22.0. The van der Waals surface area contributed by atoms with Crippen LogP contribution in [0.1, 0.15) is 110 Å². The molecule has 0 aromatic heterocycles. The molecule has 0 amide bonds. The van der Waals surface area contributed by atoms with E-state index in [1.54, 1.807) is 0 Å². The Bertz CT molecular complexity index is 272. The predicted octanol–water partition coefficient (Wildman–Crippen LogP) is 7.14. The van der Waals surface area contributed by atoms with Gasteiger partial charge in [-0.1, -0.05) is 65.2 Å². The third-order valence-electron chi connectivity index (χ3n) is 6.59. The Hall–Kier alpha value is -0.0400. The fraction of sp³-hybridized carbons (Fsp3) is 1.00. The van der Waals surface area contributed by atoms with Crippen molar-refractivity contribution in [2.75, 3.05) is 6.61 Å². The van der Waals surface area contributed by atoms with Gasteiger partial charge in [0, 0.05) is 6.61 Å². The van der Waals surface area contributed by atoms with Gasteiger partial charge in [-0.15, -0.1) is 0 Å². The number of hydrogen-bond acceptors (Lipinski definition) is 1. The number of rotatable bonds is 10. The zero-order chi connectivity index (χ0) is 16.3. The minimum atomic E-state index is 0.591. The highest BCUT2D eigenvalue weighted by Gasteiger charge is 2.30. The first kappa shape index (κ1) is 19.3. The minimum absolute atomic E-state index is 0.591. The van der Waals surface area contributed by atoms with Crippen molar-refractivity contribution in [2.24, 2.45) is 17.8 Å². The Labute approximate surface area is 146 Å². The van der Waals surface area contributed by atoms with Crippen molar-refractivity contribution in [3.63, 3.8) is 0 Å². The molecular weight excluding hydrogens is 280 g/mol. The van der Waals surface area contributed by atoms with E-state index in [2.05, 4.69) is 13.8 Å². The van der Waals surface area contributed by atoms with Gasteiger partial charge in [0.2, 0.25) is 0 Å². The molecule has 136 valence electrons. The summed E-state index contributed by atoms with van der Waals surface area (Å²) in [5, 5.41) is 0. The fourth-order valence-electron chi connectivity index (χ4n) is 4.96. The quantitative estimate of drug-likeness (QED) is 0.388. The van der Waals surface area contributed by atoms with Crippen molar-refractivity contribution in [2.45, 2.75) is 116 Å². The van der Waals surface area contributed by atoms with Crippen LogP contribution in [0.5, 0.6) is 0 Å². The second-order valence-corrected chi connectivity index (χ2v) is 8.39. The maximum absolute atomic E-state index is 6.09. The molecule has 0 aromatic carbocycles. The summed E-state index contributed by atoms with van der Waals surface area (Å²) in [5.74, 6) is 3.15. The molecule has 0 atom stereocenters. The molecule has 1 nitrogen and oxygen atoms in total. The Morgan fingerprint density at radius 1 is 0.652 bits per heavy atom. The van der Waals surface area contributed by atoms with Gasteiger partial charge in [0.1, 0.15) is 0 Å². The first-order valence-corrected chi connectivity index (χ1v) is 10.9. The van der Waals surface area contributed by atoms with Crippen LogP contribution in [0.3, 0.4) is 0 Å². The van der Waals surface area contributed by atoms with Gasteiger partial charge >= 0.3 is 0 Å². The molecule has 0 unspecified atom stereocenters. The first-order valence-electron chi connectivity index (χ1n) is 10.9. The van der Waals surface area contributed by atoms with Crippen LogP contribution in [0.2, 0.25) is 0 Å². The summed E-state index contributed by atoms with van der Waals surface area (Å²) in [6.45, 7) is 5.59. The normalized spacial score (nSPS) is 32.1. The largest absolute Gasteiger partial charge is 0.378 e. The summed E-state index contributed by atoms with van der Waals surface area (Å²) in [6, 6.07) is 0. The third-order valence-corrected chi connectivity index (χ3v) is 6.59. The molecule has 0 N–H and O–H groups in total. The molecule has 2 rings (SSSR count). The predicted molar refractivity (Wildman–Crippen MR) is 101 cm³/mol. The van der Waals surface area contributed by atoms with Crippen molar-refractivity contribution >= 4 is 0 Å². The average Bonchev–Trinajstić information content (AvgIpc) is 2.60. The molecule has 0 aromatic rings. The lowest BCUT2D eigenvalue weighted by atomic mass is 9.70. The smallest absolute Gasteiger partial charge is 0.0575 e. The van der Waals surface area contributed by atoms with Crippen LogP contribution in [0.4, 0.5) is 0 Å². The van der Waals surface area contributed by atoms with E-state index >= 15 is 0 Å². The average molecular weight is 323 g/mol. The molecule has 0 spiro atoms. The summed E-state index contributed by atoms with van der Waals surface area (Å²) in [7, 11) is 0. The van der Waals surface area contributed by atoms with Crippen molar-refractivity contribution in [3.8, 4) is 0 Å². The summed E-state index contributed by atoms with van der Waals surface area (Å²) in [5.41, 5.74) is 0. The topological polar surface area (TPSA) is 9.23 Å². The summed E-state index contributed by atoms with van der Waals surface area (Å²) >= 11 is 0. The van der Waals surface area contributed by atoms with E-state index in [4.69, 9.17) is 4.74 Å². The zero-order valence-corrected chi connectivity index (χ0v) is 16.0. The van der Waals surface area contributed by atoms with Crippen LogP contribution in [0, 0.1) is 17.8 Å². The molecule has 23 heavy (non-hydrogen) atoms. The van der Waals surface area contributed by atoms with Crippen LogP contribution < -0.4 is 0 Å². The van der Waals surface area contributed by atoms with Crippen LogP contribution >= 0.6 is 0 Å². The summed E-state index contributed by atoms with van der Waals surface area (Å²) < 4.78 is 6.09. The minimum Gasteiger partial charge on any atom is -0.378 e. The molecule has 0 bridgehead atoms. The first-order chi connectivity index (χ1) is 11.3. The standard InChI is InChI=1S/C22H42O/c1-3-5-7-9-19-10-12-20(13-11-19)21-14-16-22(17-15-21)23-18-8-6-4-2/h19-22H,3-18H2,1-2H3/t19-,20-,21-,22-. The SMILES string of the molecule is CCCCCO[C@H]1CC[C@H]([C@H]2CC[C@H](CCCCC)CC2)CC1. The molecule has 0 heterocycles. The lowest BCUT2D eigenvalue weighted by Gasteiger charge is -2.38. The summed E-state index contributed by atoms with van der Waals surface area (Å²) in [4.78, 5) is 0. The Morgan fingerprint density at radius 3 is 1.83 bits per heavy atom. The maximum Gasteiger partial charge on any atom is 0.0575 e. The lowest BCUT2D eigenvalue weighted by Crippen LogP contribution is -2.28. The van der Waals surface area contributed by atoms with E-state index < -0.39 is 0 Å². The van der Waals surface area contributed by atoms with Gasteiger partial charge in [-0.25, -0.2) is 0 Å². The van der Waals surface area contributed by atoms with Crippen LogP contribution in [0.15, 0.2) is 0 Å². The highest BCUT2D eigenvalue weighted by Crippen LogP contribution is 2.41. The highest BCUT2D eigenvalue weighted by molar-refractivity contribution is 4.82. The number of ether oxygens (including phenoxy) is 1. The van der Waals surface area contributed by atoms with Crippen molar-refractivity contribution in [1.29, 1.82) is 0 Å². The molecule has 2 aliphatic rings. The molecule has 2 fully saturated rings. The monoisotopic (exact) mass is 322 g/mol. The molecular formula is C22H42O. The van der Waals surface area contributed by atoms with E-state index in [9.17, 15) is 0 Å². The zero-order valence-electron chi connectivity index (χ0n) is 16.0. The van der Waals surface area contributed by atoms with Crippen LogP contribution in [0.25, 0.3) is 0 Å². The highest BCUT2D eigenvalue weighted by atomic mass is 16.5. The number of unbranched alkanes of at least 4 members (excludes halogenated alkanes) is 4. The van der Waals surface area contributed by atoms with Gasteiger partial charge in [-0.05, 0) is 62.7 Å². The second-order valence-electron chi connectivity index (χ2n) is 8.39. The molecule has 0 radical (unpaired) electrons. The van der Waals surface area contributed by atoms with Gasteiger partial charge in [0.25, 0.3) is 0 Å². The molecule has 2 aliphatic carbocycles. The second kappa shape index (κ2) is 11.5. The Balaban J connectivity index is 1.55. The maximum atomic E-state index is 6.09. The van der Waals surface area contributed by atoms with Gasteiger partial charge in [0.15, 0.2) is 0 Å². The van der Waals surface area contributed by atoms with Crippen LogP contribution in [-0.4, -0.2) is 12.7 Å². The number of hydrogen-bond donors (Lipinski definition) is 0. The van der Waals surface area contributed by atoms with Gasteiger partial charge in [-0.3, -0.25) is 0 Å².